The summed E-state index contributed by atoms with van der Waals surface area (Å²) in [7, 11) is -4.86. The molecule has 0 saturated carbocycles. The van der Waals surface area contributed by atoms with E-state index in [2.05, 4.69) is 19.9 Å². The van der Waals surface area contributed by atoms with Gasteiger partial charge < -0.3 is 9.31 Å². The Hall–Kier alpha value is -3.68. The fraction of sp³-hybridized carbons (Fsp3) is 0.269. The number of halogens is 2. The zero-order valence-electron chi connectivity index (χ0n) is 21.6. The second kappa shape index (κ2) is 9.51. The van der Waals surface area contributed by atoms with Crippen LogP contribution in [0, 0.1) is 11.6 Å². The van der Waals surface area contributed by atoms with Crippen LogP contribution in [0.5, 0.6) is 0 Å². The zero-order chi connectivity index (χ0) is 28.2. The first kappa shape index (κ1) is 26.9. The summed E-state index contributed by atoms with van der Waals surface area (Å²) in [4.78, 5) is 17.6. The Morgan fingerprint density at radius 3 is 2.38 bits per heavy atom. The number of sulfonamides is 1. The third kappa shape index (κ3) is 5.04. The van der Waals surface area contributed by atoms with Crippen molar-refractivity contribution in [2.24, 2.45) is 0 Å². The van der Waals surface area contributed by atoms with Crippen LogP contribution in [0.3, 0.4) is 0 Å². The van der Waals surface area contributed by atoms with Gasteiger partial charge in [0.25, 0.3) is 0 Å². The molecule has 2 aromatic carbocycles. The quantitative estimate of drug-likeness (QED) is 0.264. The minimum absolute atomic E-state index is 0.138. The van der Waals surface area contributed by atoms with E-state index < -0.39 is 62.8 Å². The SMILES string of the molecule is CC1(C)OB(c2cnc3n[nH]c(C(=O)c4c(F)ccc(NS(=O)(=O)Cc5ccccc5)c4F)c3c2)OC1(C)C. The summed E-state index contributed by atoms with van der Waals surface area (Å²) in [6.45, 7) is 7.55. The lowest BCUT2D eigenvalue weighted by Gasteiger charge is -2.32. The highest BCUT2D eigenvalue weighted by molar-refractivity contribution is 7.91. The van der Waals surface area contributed by atoms with Gasteiger partial charge in [0, 0.05) is 17.0 Å². The molecule has 0 aliphatic carbocycles. The van der Waals surface area contributed by atoms with E-state index in [4.69, 9.17) is 9.31 Å². The minimum atomic E-state index is -4.07. The molecule has 1 aliphatic rings. The van der Waals surface area contributed by atoms with E-state index >= 15 is 4.39 Å². The normalized spacial score (nSPS) is 16.5. The number of anilines is 1. The lowest BCUT2D eigenvalue weighted by atomic mass is 9.80. The number of rotatable bonds is 7. The van der Waals surface area contributed by atoms with Gasteiger partial charge in [0.1, 0.15) is 11.5 Å². The third-order valence-corrected chi connectivity index (χ3v) is 8.21. The first-order chi connectivity index (χ1) is 18.3. The fourth-order valence-electron chi connectivity index (χ4n) is 4.16. The van der Waals surface area contributed by atoms with Crippen LogP contribution in [0.15, 0.2) is 54.7 Å². The molecule has 0 atom stereocenters. The van der Waals surface area contributed by atoms with Crippen LogP contribution in [-0.2, 0) is 25.1 Å². The summed E-state index contributed by atoms with van der Waals surface area (Å²) < 4.78 is 69.8. The molecular formula is C26H25BF2N4O5S. The number of carbonyl (C=O) groups excluding carboxylic acids is 1. The van der Waals surface area contributed by atoms with Gasteiger partial charge in [-0.15, -0.1) is 0 Å². The maximum atomic E-state index is 15.5. The van der Waals surface area contributed by atoms with Gasteiger partial charge >= 0.3 is 7.12 Å². The van der Waals surface area contributed by atoms with E-state index in [0.717, 1.165) is 12.1 Å². The van der Waals surface area contributed by atoms with Crippen molar-refractivity contribution < 1.29 is 31.3 Å². The first-order valence-electron chi connectivity index (χ1n) is 12.0. The molecule has 0 bridgehead atoms. The van der Waals surface area contributed by atoms with Crippen molar-refractivity contribution in [3.05, 3.63) is 83.2 Å². The Morgan fingerprint density at radius 1 is 1.05 bits per heavy atom. The fourth-order valence-corrected chi connectivity index (χ4v) is 5.35. The number of hydrogen-bond acceptors (Lipinski definition) is 7. The number of pyridine rings is 1. The number of H-pyrrole nitrogens is 1. The Kier molecular flexibility index (Phi) is 6.56. The first-order valence-corrected chi connectivity index (χ1v) is 13.7. The van der Waals surface area contributed by atoms with Crippen molar-refractivity contribution in [3.8, 4) is 0 Å². The maximum Gasteiger partial charge on any atom is 0.496 e. The summed E-state index contributed by atoms with van der Waals surface area (Å²) in [6.07, 6.45) is 1.49. The number of ketones is 1. The minimum Gasteiger partial charge on any atom is -0.399 e. The van der Waals surface area contributed by atoms with Gasteiger partial charge in [-0.1, -0.05) is 30.3 Å². The molecule has 1 saturated heterocycles. The van der Waals surface area contributed by atoms with E-state index in [9.17, 15) is 17.6 Å². The predicted octanol–water partition coefficient (Wildman–Crippen LogP) is 3.71. The largest absolute Gasteiger partial charge is 0.496 e. The highest BCUT2D eigenvalue weighted by Crippen LogP contribution is 2.36. The molecular weight excluding hydrogens is 529 g/mol. The Labute approximate surface area is 224 Å². The summed E-state index contributed by atoms with van der Waals surface area (Å²) in [6, 6.07) is 11.6. The number of benzene rings is 2. The Balaban J connectivity index is 1.48. The smallest absolute Gasteiger partial charge is 0.399 e. The highest BCUT2D eigenvalue weighted by atomic mass is 32.2. The van der Waals surface area contributed by atoms with Crippen molar-refractivity contribution in [2.45, 2.75) is 44.6 Å². The topological polar surface area (TPSA) is 123 Å². The van der Waals surface area contributed by atoms with Gasteiger partial charge in [-0.2, -0.15) is 5.10 Å². The lowest BCUT2D eigenvalue weighted by Crippen LogP contribution is -2.41. The van der Waals surface area contributed by atoms with E-state index in [-0.39, 0.29) is 16.7 Å². The molecule has 0 amide bonds. The van der Waals surface area contributed by atoms with Crippen molar-refractivity contribution in [1.82, 2.24) is 15.2 Å². The molecule has 2 N–H and O–H groups in total. The second-order valence-corrected chi connectivity index (χ2v) is 12.0. The predicted molar refractivity (Wildman–Crippen MR) is 142 cm³/mol. The van der Waals surface area contributed by atoms with Crippen LogP contribution in [-0.4, -0.2) is 47.7 Å². The summed E-state index contributed by atoms with van der Waals surface area (Å²) in [5, 5.41) is 6.68. The molecule has 0 radical (unpaired) electrons. The molecule has 0 spiro atoms. The molecule has 3 heterocycles. The molecule has 1 fully saturated rings. The Bertz CT molecular complexity index is 1680. The summed E-state index contributed by atoms with van der Waals surface area (Å²) in [5.41, 5.74) is -1.88. The van der Waals surface area contributed by atoms with Crippen LogP contribution in [0.4, 0.5) is 14.5 Å². The number of nitrogens with zero attached hydrogens (tertiary/aromatic N) is 2. The average Bonchev–Trinajstić information content (AvgIpc) is 3.37. The molecule has 9 nitrogen and oxygen atoms in total. The number of fused-ring (bicyclic) bond motifs is 1. The van der Waals surface area contributed by atoms with E-state index in [1.54, 1.807) is 36.4 Å². The zero-order valence-corrected chi connectivity index (χ0v) is 22.4. The van der Waals surface area contributed by atoms with Crippen LogP contribution in [0.2, 0.25) is 0 Å². The lowest BCUT2D eigenvalue weighted by molar-refractivity contribution is 0.00578. The second-order valence-electron chi connectivity index (χ2n) is 10.3. The molecule has 2 aromatic heterocycles. The van der Waals surface area contributed by atoms with E-state index in [1.807, 2.05) is 27.7 Å². The molecule has 5 rings (SSSR count). The van der Waals surface area contributed by atoms with Gasteiger partial charge in [0.05, 0.1) is 28.2 Å². The van der Waals surface area contributed by atoms with Crippen molar-refractivity contribution >= 4 is 45.1 Å². The van der Waals surface area contributed by atoms with Crippen LogP contribution in [0.25, 0.3) is 11.0 Å². The van der Waals surface area contributed by atoms with Gasteiger partial charge in [-0.25, -0.2) is 22.2 Å². The third-order valence-electron chi connectivity index (χ3n) is 6.97. The molecule has 4 aromatic rings. The number of carbonyl (C=O) groups is 1. The number of nitrogens with one attached hydrogen (secondary N) is 2. The molecule has 1 aliphatic heterocycles. The van der Waals surface area contributed by atoms with E-state index in [0.29, 0.717) is 11.0 Å². The van der Waals surface area contributed by atoms with Crippen LogP contribution >= 0.6 is 0 Å². The van der Waals surface area contributed by atoms with Gasteiger partial charge in [0.2, 0.25) is 15.8 Å². The van der Waals surface area contributed by atoms with Crippen LogP contribution < -0.4 is 10.2 Å². The maximum absolute atomic E-state index is 15.5. The summed E-state index contributed by atoms with van der Waals surface area (Å²) >= 11 is 0. The summed E-state index contributed by atoms with van der Waals surface area (Å²) in [5.74, 6) is -4.02. The average molecular weight is 554 g/mol. The molecule has 202 valence electrons. The van der Waals surface area contributed by atoms with Crippen molar-refractivity contribution in [3.63, 3.8) is 0 Å². The van der Waals surface area contributed by atoms with E-state index in [1.165, 1.54) is 6.20 Å². The highest BCUT2D eigenvalue weighted by Gasteiger charge is 2.52. The monoisotopic (exact) mass is 554 g/mol. The number of hydrogen-bond donors (Lipinski definition) is 2. The Morgan fingerprint density at radius 2 is 1.72 bits per heavy atom. The van der Waals surface area contributed by atoms with Gasteiger partial charge in [-0.05, 0) is 51.5 Å². The standard InChI is InChI=1S/C26H25BF2N4O5S/c1-25(2)26(3,4)38-27(37-25)16-12-17-22(31-32-24(17)30-13-16)23(34)20-18(28)10-11-19(21(20)29)33-39(35,36)14-15-8-6-5-7-9-15/h5-13,33H,14H2,1-4H3,(H,30,31,32). The molecule has 39 heavy (non-hydrogen) atoms. The van der Waals surface area contributed by atoms with Crippen molar-refractivity contribution in [2.75, 3.05) is 4.72 Å². The molecule has 13 heteroatoms. The number of aromatic nitrogens is 3. The number of aromatic amines is 1. The van der Waals surface area contributed by atoms with Gasteiger partial charge in [-0.3, -0.25) is 14.6 Å². The van der Waals surface area contributed by atoms with Crippen LogP contribution in [0.1, 0.15) is 49.3 Å². The van der Waals surface area contributed by atoms with Crippen molar-refractivity contribution in [1.29, 1.82) is 0 Å². The molecule has 0 unspecified atom stereocenters. The van der Waals surface area contributed by atoms with Gasteiger partial charge in [0.15, 0.2) is 11.5 Å².